The standard InChI is InChI=1S/C16H22N4O.ClH/c1-3-15-13(11-20(2)19-15)10-18-16(21)14(17)9-12-7-5-4-6-8-12;/h4-8,11,14H,3,9-10,17H2,1-2H3,(H,18,21);1H. The molecule has 1 amide bonds. The number of carbonyl (C=O) groups is 1. The Morgan fingerprint density at radius 1 is 1.36 bits per heavy atom. The molecule has 1 atom stereocenters. The minimum Gasteiger partial charge on any atom is -0.351 e. The minimum atomic E-state index is -0.533. The molecule has 0 bridgehead atoms. The molecule has 0 aliphatic carbocycles. The van der Waals surface area contributed by atoms with Crippen molar-refractivity contribution in [3.63, 3.8) is 0 Å². The Morgan fingerprint density at radius 2 is 2.05 bits per heavy atom. The monoisotopic (exact) mass is 322 g/mol. The van der Waals surface area contributed by atoms with Gasteiger partial charge in [0, 0.05) is 25.4 Å². The number of benzene rings is 1. The zero-order valence-corrected chi connectivity index (χ0v) is 13.8. The lowest BCUT2D eigenvalue weighted by Crippen LogP contribution is -2.41. The summed E-state index contributed by atoms with van der Waals surface area (Å²) in [7, 11) is 1.88. The van der Waals surface area contributed by atoms with Crippen LogP contribution in [0.2, 0.25) is 0 Å². The molecule has 22 heavy (non-hydrogen) atoms. The maximum absolute atomic E-state index is 12.1. The quantitative estimate of drug-likeness (QED) is 0.848. The van der Waals surface area contributed by atoms with Crippen molar-refractivity contribution in [3.8, 4) is 0 Å². The molecule has 6 heteroatoms. The van der Waals surface area contributed by atoms with Crippen molar-refractivity contribution in [1.29, 1.82) is 0 Å². The molecule has 2 aromatic rings. The van der Waals surface area contributed by atoms with Crippen molar-refractivity contribution in [1.82, 2.24) is 15.1 Å². The molecule has 0 aliphatic rings. The van der Waals surface area contributed by atoms with Crippen LogP contribution in [-0.2, 0) is 31.2 Å². The van der Waals surface area contributed by atoms with E-state index >= 15 is 0 Å². The number of hydrogen-bond acceptors (Lipinski definition) is 3. The van der Waals surface area contributed by atoms with Gasteiger partial charge < -0.3 is 11.1 Å². The lowest BCUT2D eigenvalue weighted by molar-refractivity contribution is -0.122. The minimum absolute atomic E-state index is 0. The Kier molecular flexibility index (Phi) is 7.08. The Labute approximate surface area is 137 Å². The van der Waals surface area contributed by atoms with E-state index in [9.17, 15) is 4.79 Å². The van der Waals surface area contributed by atoms with Crippen molar-refractivity contribution in [3.05, 3.63) is 53.3 Å². The van der Waals surface area contributed by atoms with E-state index in [4.69, 9.17) is 5.73 Å². The summed E-state index contributed by atoms with van der Waals surface area (Å²) in [5, 5.41) is 7.24. The first-order valence-electron chi connectivity index (χ1n) is 7.18. The third-order valence-electron chi connectivity index (χ3n) is 3.41. The number of nitrogens with zero attached hydrogens (tertiary/aromatic N) is 2. The van der Waals surface area contributed by atoms with E-state index in [-0.39, 0.29) is 18.3 Å². The molecule has 0 spiro atoms. The van der Waals surface area contributed by atoms with Crippen molar-refractivity contribution in [2.24, 2.45) is 12.8 Å². The third-order valence-corrected chi connectivity index (χ3v) is 3.41. The fourth-order valence-corrected chi connectivity index (χ4v) is 2.30. The van der Waals surface area contributed by atoms with Crippen molar-refractivity contribution in [2.45, 2.75) is 32.4 Å². The molecule has 2 rings (SSSR count). The van der Waals surface area contributed by atoms with E-state index < -0.39 is 6.04 Å². The van der Waals surface area contributed by atoms with Crippen LogP contribution < -0.4 is 11.1 Å². The molecule has 1 aromatic heterocycles. The molecular weight excluding hydrogens is 300 g/mol. The van der Waals surface area contributed by atoms with Crippen LogP contribution in [0.1, 0.15) is 23.7 Å². The van der Waals surface area contributed by atoms with Gasteiger partial charge in [0.1, 0.15) is 0 Å². The molecule has 0 fully saturated rings. The highest BCUT2D eigenvalue weighted by molar-refractivity contribution is 5.85. The van der Waals surface area contributed by atoms with Gasteiger partial charge in [0.2, 0.25) is 5.91 Å². The summed E-state index contributed by atoms with van der Waals surface area (Å²) in [6.07, 6.45) is 3.32. The third kappa shape index (κ3) is 4.86. The lowest BCUT2D eigenvalue weighted by atomic mass is 10.1. The second-order valence-electron chi connectivity index (χ2n) is 5.14. The highest BCUT2D eigenvalue weighted by Gasteiger charge is 2.15. The molecule has 3 N–H and O–H groups in total. The summed E-state index contributed by atoms with van der Waals surface area (Å²) in [4.78, 5) is 12.1. The van der Waals surface area contributed by atoms with Gasteiger partial charge in [-0.05, 0) is 18.4 Å². The second kappa shape index (κ2) is 8.56. The second-order valence-corrected chi connectivity index (χ2v) is 5.14. The van der Waals surface area contributed by atoms with Gasteiger partial charge in [-0.25, -0.2) is 0 Å². The number of rotatable bonds is 6. The fourth-order valence-electron chi connectivity index (χ4n) is 2.30. The van der Waals surface area contributed by atoms with Crippen LogP contribution in [0.4, 0.5) is 0 Å². The first-order valence-corrected chi connectivity index (χ1v) is 7.18. The van der Waals surface area contributed by atoms with Crippen LogP contribution in [0.25, 0.3) is 0 Å². The van der Waals surface area contributed by atoms with E-state index in [2.05, 4.69) is 17.3 Å². The molecule has 120 valence electrons. The number of nitrogens with one attached hydrogen (secondary N) is 1. The van der Waals surface area contributed by atoms with Crippen LogP contribution in [0, 0.1) is 0 Å². The summed E-state index contributed by atoms with van der Waals surface area (Å²) in [6, 6.07) is 9.26. The maximum Gasteiger partial charge on any atom is 0.237 e. The predicted molar refractivity (Wildman–Crippen MR) is 89.8 cm³/mol. The molecule has 0 saturated heterocycles. The van der Waals surface area contributed by atoms with E-state index in [0.717, 1.165) is 23.2 Å². The highest BCUT2D eigenvalue weighted by atomic mass is 35.5. The fraction of sp³-hybridized carbons (Fsp3) is 0.375. The molecule has 1 heterocycles. The lowest BCUT2D eigenvalue weighted by Gasteiger charge is -2.12. The zero-order valence-electron chi connectivity index (χ0n) is 13.0. The number of aromatic nitrogens is 2. The Balaban J connectivity index is 0.00000242. The summed E-state index contributed by atoms with van der Waals surface area (Å²) >= 11 is 0. The summed E-state index contributed by atoms with van der Waals surface area (Å²) < 4.78 is 1.77. The largest absolute Gasteiger partial charge is 0.351 e. The number of hydrogen-bond donors (Lipinski definition) is 2. The number of halogens is 1. The van der Waals surface area contributed by atoms with Gasteiger partial charge in [0.15, 0.2) is 0 Å². The van der Waals surface area contributed by atoms with Gasteiger partial charge in [-0.15, -0.1) is 12.4 Å². The van der Waals surface area contributed by atoms with Crippen molar-refractivity contribution >= 4 is 18.3 Å². The number of aryl methyl sites for hydroxylation is 2. The number of nitrogens with two attached hydrogens (primary N) is 1. The van der Waals surface area contributed by atoms with Crippen molar-refractivity contribution in [2.75, 3.05) is 0 Å². The maximum atomic E-state index is 12.1. The average molecular weight is 323 g/mol. The van der Waals surface area contributed by atoms with Crippen molar-refractivity contribution < 1.29 is 4.79 Å². The van der Waals surface area contributed by atoms with Gasteiger partial charge in [0.05, 0.1) is 11.7 Å². The van der Waals surface area contributed by atoms with Gasteiger partial charge in [-0.3, -0.25) is 9.48 Å². The molecule has 5 nitrogen and oxygen atoms in total. The van der Waals surface area contributed by atoms with Gasteiger partial charge in [0.25, 0.3) is 0 Å². The molecule has 1 aromatic carbocycles. The first-order chi connectivity index (χ1) is 10.1. The van der Waals surface area contributed by atoms with Crippen LogP contribution in [0.3, 0.4) is 0 Å². The van der Waals surface area contributed by atoms with E-state index in [1.165, 1.54) is 0 Å². The zero-order chi connectivity index (χ0) is 15.2. The van der Waals surface area contributed by atoms with Crippen LogP contribution in [-0.4, -0.2) is 21.7 Å². The summed E-state index contributed by atoms with van der Waals surface area (Å²) in [5.41, 5.74) is 9.07. The smallest absolute Gasteiger partial charge is 0.237 e. The Hall–Kier alpha value is -1.85. The number of amides is 1. The molecule has 0 saturated carbocycles. The van der Waals surface area contributed by atoms with Crippen LogP contribution >= 0.6 is 12.4 Å². The highest BCUT2D eigenvalue weighted by Crippen LogP contribution is 2.07. The normalized spacial score (nSPS) is 11.6. The van der Waals surface area contributed by atoms with E-state index in [1.54, 1.807) is 4.68 Å². The molecular formula is C16H23ClN4O. The summed E-state index contributed by atoms with van der Waals surface area (Å²) in [5.74, 6) is -0.134. The molecule has 0 aliphatic heterocycles. The van der Waals surface area contributed by atoms with Gasteiger partial charge in [-0.2, -0.15) is 5.10 Å². The SMILES string of the molecule is CCc1nn(C)cc1CNC(=O)C(N)Cc1ccccc1.Cl. The van der Waals surface area contributed by atoms with E-state index in [1.807, 2.05) is 43.6 Å². The Bertz CT molecular complexity index is 597. The van der Waals surface area contributed by atoms with Crippen LogP contribution in [0.15, 0.2) is 36.5 Å². The van der Waals surface area contributed by atoms with E-state index in [0.29, 0.717) is 13.0 Å². The van der Waals surface area contributed by atoms with Crippen LogP contribution in [0.5, 0.6) is 0 Å². The first kappa shape index (κ1) is 18.2. The number of carbonyl (C=O) groups excluding carboxylic acids is 1. The molecule has 0 radical (unpaired) electrons. The average Bonchev–Trinajstić information content (AvgIpc) is 2.85. The Morgan fingerprint density at radius 3 is 2.68 bits per heavy atom. The topological polar surface area (TPSA) is 72.9 Å². The van der Waals surface area contributed by atoms with Gasteiger partial charge in [-0.1, -0.05) is 37.3 Å². The molecule has 1 unspecified atom stereocenters. The summed E-state index contributed by atoms with van der Waals surface area (Å²) in [6.45, 7) is 2.52. The van der Waals surface area contributed by atoms with Gasteiger partial charge >= 0.3 is 0 Å². The predicted octanol–water partition coefficient (Wildman–Crippen LogP) is 1.59.